The van der Waals surface area contributed by atoms with Crippen molar-refractivity contribution < 1.29 is 18.4 Å². The van der Waals surface area contributed by atoms with E-state index >= 15 is 0 Å². The summed E-state index contributed by atoms with van der Waals surface area (Å²) in [6.45, 7) is 14.5. The maximum absolute atomic E-state index is 14.6. The Kier molecular flexibility index (Phi) is 7.22. The lowest BCUT2D eigenvalue weighted by molar-refractivity contribution is -0.126. The number of hydrogen-bond acceptors (Lipinski definition) is 6. The summed E-state index contributed by atoms with van der Waals surface area (Å²) >= 11 is 0. The van der Waals surface area contributed by atoms with E-state index in [4.69, 9.17) is 0 Å². The van der Waals surface area contributed by atoms with Crippen LogP contribution in [0.4, 0.5) is 14.5 Å². The smallest absolute Gasteiger partial charge is 0.291 e. The molecule has 4 rings (SSSR count). The van der Waals surface area contributed by atoms with Crippen LogP contribution in [0.5, 0.6) is 0 Å². The first kappa shape index (κ1) is 26.6. The maximum Gasteiger partial charge on any atom is 0.291 e. The average Bonchev–Trinajstić information content (AvgIpc) is 3.22. The summed E-state index contributed by atoms with van der Waals surface area (Å²) in [5, 5.41) is 11.5. The molecule has 2 amide bonds. The van der Waals surface area contributed by atoms with E-state index in [-0.39, 0.29) is 36.9 Å². The molecule has 1 saturated heterocycles. The third kappa shape index (κ3) is 5.02. The fraction of sp³-hybridized carbons (Fsp3) is 0.692. The number of nitrogens with one attached hydrogen (secondary N) is 1. The van der Waals surface area contributed by atoms with Gasteiger partial charge in [-0.25, -0.2) is 0 Å². The van der Waals surface area contributed by atoms with E-state index in [1.54, 1.807) is 11.8 Å². The second kappa shape index (κ2) is 9.78. The van der Waals surface area contributed by atoms with Crippen LogP contribution < -0.4 is 10.2 Å². The molecule has 8 nitrogen and oxygen atoms in total. The summed E-state index contributed by atoms with van der Waals surface area (Å²) in [5.41, 5.74) is 1.98. The first-order valence-electron chi connectivity index (χ1n) is 12.8. The number of amides is 2. The van der Waals surface area contributed by atoms with Crippen molar-refractivity contribution in [1.82, 2.24) is 25.3 Å². The number of hydrogen-bond donors (Lipinski definition) is 1. The van der Waals surface area contributed by atoms with E-state index in [0.29, 0.717) is 50.5 Å². The van der Waals surface area contributed by atoms with Crippen LogP contribution in [0.2, 0.25) is 0 Å². The summed E-state index contributed by atoms with van der Waals surface area (Å²) in [6.07, 6.45) is -0.00224. The lowest BCUT2D eigenvalue weighted by Crippen LogP contribution is -2.61. The predicted molar refractivity (Wildman–Crippen MR) is 134 cm³/mol. The van der Waals surface area contributed by atoms with E-state index < -0.39 is 17.0 Å². The van der Waals surface area contributed by atoms with Crippen molar-refractivity contribution in [1.29, 1.82) is 0 Å². The highest BCUT2D eigenvalue weighted by Crippen LogP contribution is 2.42. The number of carbonyl (C=O) groups excluding carboxylic acids is 2. The molecule has 1 fully saturated rings. The van der Waals surface area contributed by atoms with Crippen LogP contribution in [0.15, 0.2) is 17.2 Å². The molecule has 0 aliphatic carbocycles. The van der Waals surface area contributed by atoms with Crippen LogP contribution in [0.25, 0.3) is 0 Å². The molecular formula is C26H38F2N6O2. The van der Waals surface area contributed by atoms with Gasteiger partial charge in [0.2, 0.25) is 11.8 Å². The SMILES string of the molecule is CCCC(F)(F)c1cc2c(nn1)C(C)(C)CN2C(=O)CN1CC(C)NCC1CN1CC(C)=C(C)C1=O. The van der Waals surface area contributed by atoms with Gasteiger partial charge in [-0.05, 0) is 32.4 Å². The first-order chi connectivity index (χ1) is 16.8. The van der Waals surface area contributed by atoms with Gasteiger partial charge in [0, 0.05) is 62.2 Å². The second-order valence-corrected chi connectivity index (χ2v) is 11.3. The summed E-state index contributed by atoms with van der Waals surface area (Å²) in [6, 6.07) is 1.52. The standard InChI is InChI=1S/C26H38F2N6O2/c1-7-8-26(27,28)21-9-20-23(31-30-21)25(5,6)15-34(20)22(35)14-32-12-17(3)29-10-19(32)13-33-11-16(2)18(4)24(33)36/h9,17,19,29H,7-8,10-15H2,1-6H3. The van der Waals surface area contributed by atoms with Gasteiger partial charge in [0.1, 0.15) is 5.69 Å². The summed E-state index contributed by atoms with van der Waals surface area (Å²) in [7, 11) is 0. The number of nitrogens with zero attached hydrogens (tertiary/aromatic N) is 5. The molecule has 1 aromatic rings. The number of aromatic nitrogens is 2. The number of anilines is 1. The highest BCUT2D eigenvalue weighted by atomic mass is 19.3. The molecule has 3 aliphatic heterocycles. The Morgan fingerprint density at radius 1 is 1.28 bits per heavy atom. The van der Waals surface area contributed by atoms with Crippen LogP contribution in [-0.4, -0.2) is 83.2 Å². The average molecular weight is 505 g/mol. The fourth-order valence-electron chi connectivity index (χ4n) is 5.43. The third-order valence-electron chi connectivity index (χ3n) is 7.67. The molecule has 1 N–H and O–H groups in total. The molecule has 0 radical (unpaired) electrons. The molecule has 10 heteroatoms. The quantitative estimate of drug-likeness (QED) is 0.615. The maximum atomic E-state index is 14.6. The first-order valence-corrected chi connectivity index (χ1v) is 12.8. The van der Waals surface area contributed by atoms with Crippen LogP contribution in [0, 0.1) is 0 Å². The lowest BCUT2D eigenvalue weighted by Gasteiger charge is -2.41. The van der Waals surface area contributed by atoms with Crippen molar-refractivity contribution in [3.63, 3.8) is 0 Å². The fourth-order valence-corrected chi connectivity index (χ4v) is 5.43. The minimum atomic E-state index is -3.09. The van der Waals surface area contributed by atoms with Crippen molar-refractivity contribution in [2.45, 2.75) is 77.8 Å². The normalized spacial score (nSPS) is 24.6. The van der Waals surface area contributed by atoms with Crippen molar-refractivity contribution >= 4 is 17.5 Å². The Balaban J connectivity index is 1.54. The van der Waals surface area contributed by atoms with Gasteiger partial charge in [0.15, 0.2) is 0 Å². The van der Waals surface area contributed by atoms with Crippen LogP contribution in [-0.2, 0) is 20.9 Å². The molecule has 2 unspecified atom stereocenters. The number of fused-ring (bicyclic) bond motifs is 1. The predicted octanol–water partition coefficient (Wildman–Crippen LogP) is 2.83. The van der Waals surface area contributed by atoms with Crippen molar-refractivity contribution in [2.75, 3.05) is 44.2 Å². The summed E-state index contributed by atoms with van der Waals surface area (Å²) in [5.74, 6) is -3.20. The molecule has 3 aliphatic rings. The summed E-state index contributed by atoms with van der Waals surface area (Å²) in [4.78, 5) is 31.8. The minimum absolute atomic E-state index is 0.0251. The van der Waals surface area contributed by atoms with Gasteiger partial charge < -0.3 is 15.1 Å². The molecular weight excluding hydrogens is 466 g/mol. The van der Waals surface area contributed by atoms with E-state index in [9.17, 15) is 18.4 Å². The Bertz CT molecular complexity index is 1070. The molecule has 198 valence electrons. The molecule has 0 saturated carbocycles. The van der Waals surface area contributed by atoms with Crippen LogP contribution in [0.1, 0.15) is 65.8 Å². The Labute approximate surface area is 212 Å². The number of halogens is 2. The van der Waals surface area contributed by atoms with E-state index in [1.807, 2.05) is 32.6 Å². The van der Waals surface area contributed by atoms with Crippen LogP contribution in [0.3, 0.4) is 0 Å². The van der Waals surface area contributed by atoms with Crippen LogP contribution >= 0.6 is 0 Å². The molecule has 0 aromatic carbocycles. The lowest BCUT2D eigenvalue weighted by atomic mass is 9.91. The van der Waals surface area contributed by atoms with Gasteiger partial charge >= 0.3 is 0 Å². The molecule has 0 spiro atoms. The Morgan fingerprint density at radius 2 is 2.00 bits per heavy atom. The van der Waals surface area contributed by atoms with Gasteiger partial charge in [-0.2, -0.15) is 13.9 Å². The Hall–Kier alpha value is -2.46. The van der Waals surface area contributed by atoms with E-state index in [0.717, 1.165) is 11.1 Å². The minimum Gasteiger partial charge on any atom is -0.333 e. The second-order valence-electron chi connectivity index (χ2n) is 11.3. The van der Waals surface area contributed by atoms with Crippen molar-refractivity contribution in [3.05, 3.63) is 28.6 Å². The zero-order valence-electron chi connectivity index (χ0n) is 22.2. The molecule has 1 aromatic heterocycles. The zero-order chi connectivity index (χ0) is 26.4. The number of rotatable bonds is 7. The van der Waals surface area contributed by atoms with Crippen molar-refractivity contribution in [3.8, 4) is 0 Å². The zero-order valence-corrected chi connectivity index (χ0v) is 22.2. The van der Waals surface area contributed by atoms with Gasteiger partial charge in [0.25, 0.3) is 5.92 Å². The summed E-state index contributed by atoms with van der Waals surface area (Å²) < 4.78 is 29.3. The Morgan fingerprint density at radius 3 is 2.64 bits per heavy atom. The van der Waals surface area contributed by atoms with Gasteiger partial charge in [-0.3, -0.25) is 14.5 Å². The van der Waals surface area contributed by atoms with Crippen molar-refractivity contribution in [2.24, 2.45) is 0 Å². The molecule has 4 heterocycles. The third-order valence-corrected chi connectivity index (χ3v) is 7.67. The number of piperazine rings is 1. The monoisotopic (exact) mass is 504 g/mol. The molecule has 0 bridgehead atoms. The number of carbonyl (C=O) groups is 2. The van der Waals surface area contributed by atoms with Gasteiger partial charge in [-0.15, -0.1) is 5.10 Å². The molecule has 36 heavy (non-hydrogen) atoms. The van der Waals surface area contributed by atoms with Gasteiger partial charge in [0.05, 0.1) is 17.9 Å². The van der Waals surface area contributed by atoms with Gasteiger partial charge in [-0.1, -0.05) is 27.2 Å². The highest BCUT2D eigenvalue weighted by Gasteiger charge is 2.43. The topological polar surface area (TPSA) is 81.7 Å². The molecule has 2 atom stereocenters. The van der Waals surface area contributed by atoms with E-state index in [1.165, 1.54) is 6.07 Å². The number of alkyl halides is 2. The van der Waals surface area contributed by atoms with E-state index in [2.05, 4.69) is 27.3 Å². The largest absolute Gasteiger partial charge is 0.333 e. The highest BCUT2D eigenvalue weighted by molar-refractivity contribution is 5.97.